The molecule has 0 bridgehead atoms. The van der Waals surface area contributed by atoms with Crippen molar-refractivity contribution in [2.45, 2.75) is 25.7 Å². The van der Waals surface area contributed by atoms with Gasteiger partial charge in [0.2, 0.25) is 6.10 Å². The molecular formula is C23H22O5P+. The van der Waals surface area contributed by atoms with Crippen LogP contribution in [0.15, 0.2) is 91.0 Å². The van der Waals surface area contributed by atoms with E-state index in [1.54, 1.807) is 0 Å². The van der Waals surface area contributed by atoms with Crippen molar-refractivity contribution < 1.29 is 23.1 Å². The molecule has 6 heteroatoms. The molecule has 0 saturated carbocycles. The monoisotopic (exact) mass is 409 g/mol. The molecular weight excluding hydrogens is 387 g/mol. The fourth-order valence-electron chi connectivity index (χ4n) is 2.65. The van der Waals surface area contributed by atoms with Crippen LogP contribution in [0.5, 0.6) is 0 Å². The van der Waals surface area contributed by atoms with Gasteiger partial charge in [-0.2, -0.15) is 0 Å². The van der Waals surface area contributed by atoms with E-state index in [4.69, 9.17) is 13.8 Å². The van der Waals surface area contributed by atoms with Crippen LogP contribution in [-0.2, 0) is 42.8 Å². The second kappa shape index (κ2) is 11.2. The summed E-state index contributed by atoms with van der Waals surface area (Å²) in [5, 5.41) is 0. The minimum absolute atomic E-state index is 0.121. The highest BCUT2D eigenvalue weighted by Crippen LogP contribution is 2.29. The van der Waals surface area contributed by atoms with Gasteiger partial charge in [-0.1, -0.05) is 91.0 Å². The van der Waals surface area contributed by atoms with Gasteiger partial charge in [0.05, 0.1) is 0 Å². The summed E-state index contributed by atoms with van der Waals surface area (Å²) in [7, 11) is -2.49. The topological polar surface area (TPSA) is 61.8 Å². The van der Waals surface area contributed by atoms with Crippen LogP contribution in [0.2, 0.25) is 0 Å². The maximum Gasteiger partial charge on any atom is 0.698 e. The molecule has 0 spiro atoms. The van der Waals surface area contributed by atoms with Gasteiger partial charge in [0.15, 0.2) is 0 Å². The van der Waals surface area contributed by atoms with Crippen molar-refractivity contribution in [2.24, 2.45) is 0 Å². The average molecular weight is 409 g/mol. The molecule has 0 aromatic heterocycles. The molecule has 2 atom stereocenters. The minimum Gasteiger partial charge on any atom is -0.459 e. The summed E-state index contributed by atoms with van der Waals surface area (Å²) in [5.41, 5.74) is 2.61. The van der Waals surface area contributed by atoms with Gasteiger partial charge in [-0.05, 0) is 16.7 Å². The first-order valence-electron chi connectivity index (χ1n) is 9.26. The quantitative estimate of drug-likeness (QED) is 0.339. The first-order chi connectivity index (χ1) is 14.2. The first kappa shape index (κ1) is 20.9. The highest BCUT2D eigenvalue weighted by Gasteiger charge is 2.34. The molecule has 5 nitrogen and oxygen atoms in total. The summed E-state index contributed by atoms with van der Waals surface area (Å²) in [6, 6.07) is 28.1. The molecule has 0 amide bonds. The van der Waals surface area contributed by atoms with Crippen molar-refractivity contribution >= 4 is 14.2 Å². The largest absolute Gasteiger partial charge is 0.698 e. The number of benzene rings is 3. The zero-order chi connectivity index (χ0) is 20.3. The average Bonchev–Trinajstić information content (AvgIpc) is 2.78. The van der Waals surface area contributed by atoms with Gasteiger partial charge in [0.1, 0.15) is 13.2 Å². The Kier molecular flexibility index (Phi) is 8.08. The Morgan fingerprint density at radius 3 is 1.76 bits per heavy atom. The van der Waals surface area contributed by atoms with E-state index in [-0.39, 0.29) is 19.6 Å². The maximum atomic E-state index is 12.6. The van der Waals surface area contributed by atoms with E-state index >= 15 is 0 Å². The number of carbonyl (C=O) groups excluding carboxylic acids is 1. The number of hydrogen-bond acceptors (Lipinski definition) is 5. The molecule has 29 heavy (non-hydrogen) atoms. The molecule has 0 aliphatic heterocycles. The summed E-state index contributed by atoms with van der Waals surface area (Å²) in [4.78, 5) is 12.6. The number of rotatable bonds is 10. The van der Waals surface area contributed by atoms with Crippen LogP contribution in [0.3, 0.4) is 0 Å². The molecule has 0 aliphatic carbocycles. The van der Waals surface area contributed by atoms with Gasteiger partial charge in [-0.3, -0.25) is 0 Å². The van der Waals surface area contributed by atoms with E-state index in [1.165, 1.54) is 0 Å². The summed E-state index contributed by atoms with van der Waals surface area (Å²) in [5.74, 6) is -0.579. The van der Waals surface area contributed by atoms with Crippen molar-refractivity contribution in [2.75, 3.05) is 0 Å². The highest BCUT2D eigenvalue weighted by molar-refractivity contribution is 7.33. The predicted octanol–water partition coefficient (Wildman–Crippen LogP) is 5.23. The van der Waals surface area contributed by atoms with Crippen molar-refractivity contribution in [3.8, 4) is 0 Å². The van der Waals surface area contributed by atoms with Crippen molar-refractivity contribution in [1.82, 2.24) is 0 Å². The molecule has 148 valence electrons. The van der Waals surface area contributed by atoms with E-state index in [0.29, 0.717) is 0 Å². The van der Waals surface area contributed by atoms with Crippen LogP contribution in [-0.4, -0.2) is 12.1 Å². The fourth-order valence-corrected chi connectivity index (χ4v) is 3.33. The van der Waals surface area contributed by atoms with Crippen LogP contribution in [0.25, 0.3) is 0 Å². The van der Waals surface area contributed by atoms with E-state index in [1.807, 2.05) is 91.0 Å². The third kappa shape index (κ3) is 7.24. The Balaban J connectivity index is 1.60. The van der Waals surface area contributed by atoms with Gasteiger partial charge >= 0.3 is 14.2 Å². The lowest BCUT2D eigenvalue weighted by Gasteiger charge is -2.11. The lowest BCUT2D eigenvalue weighted by atomic mass is 10.1. The maximum absolute atomic E-state index is 12.6. The second-order valence-corrected chi connectivity index (χ2v) is 7.28. The summed E-state index contributed by atoms with van der Waals surface area (Å²) in [6.45, 7) is 0.253. The lowest BCUT2D eigenvalue weighted by molar-refractivity contribution is -0.153. The SMILES string of the molecule is O=C(OCc1ccccc1)[C@H](Cc1ccccc1)O[P+](=O)OCc1ccccc1. The molecule has 0 fully saturated rings. The molecule has 0 N–H and O–H groups in total. The molecule has 3 aromatic rings. The van der Waals surface area contributed by atoms with Gasteiger partial charge in [-0.25, -0.2) is 4.79 Å². The standard InChI is InChI=1S/C23H22O5P/c24-23(26-17-20-12-6-2-7-13-20)22(16-19-10-4-1-5-11-19)28-29(25)27-18-21-14-8-3-9-15-21/h1-15,22H,16-18H2/q+1/t22-/m0/s1. The van der Waals surface area contributed by atoms with Crippen LogP contribution in [0.4, 0.5) is 0 Å². The molecule has 0 saturated heterocycles. The Morgan fingerprint density at radius 2 is 1.21 bits per heavy atom. The Labute approximate surface area is 171 Å². The molecule has 0 heterocycles. The Morgan fingerprint density at radius 1 is 0.724 bits per heavy atom. The number of hydrogen-bond donors (Lipinski definition) is 0. The summed E-state index contributed by atoms with van der Waals surface area (Å²) < 4.78 is 28.4. The molecule has 3 rings (SSSR count). The van der Waals surface area contributed by atoms with Crippen molar-refractivity contribution in [1.29, 1.82) is 0 Å². The zero-order valence-electron chi connectivity index (χ0n) is 15.8. The van der Waals surface area contributed by atoms with Gasteiger partial charge in [-0.15, -0.1) is 9.05 Å². The summed E-state index contributed by atoms with van der Waals surface area (Å²) in [6.07, 6.45) is -0.787. The summed E-state index contributed by atoms with van der Waals surface area (Å²) >= 11 is 0. The fraction of sp³-hybridized carbons (Fsp3) is 0.174. The van der Waals surface area contributed by atoms with Gasteiger partial charge in [0.25, 0.3) is 0 Å². The molecule has 0 aliphatic rings. The number of esters is 1. The minimum atomic E-state index is -2.49. The van der Waals surface area contributed by atoms with Crippen molar-refractivity contribution in [3.63, 3.8) is 0 Å². The van der Waals surface area contributed by atoms with Gasteiger partial charge < -0.3 is 4.74 Å². The molecule has 1 unspecified atom stereocenters. The van der Waals surface area contributed by atoms with Crippen LogP contribution >= 0.6 is 8.25 Å². The van der Waals surface area contributed by atoms with E-state index in [9.17, 15) is 9.36 Å². The third-order valence-electron chi connectivity index (χ3n) is 4.14. The Hall–Kier alpha value is -2.85. The van der Waals surface area contributed by atoms with Crippen LogP contribution in [0, 0.1) is 0 Å². The van der Waals surface area contributed by atoms with Crippen LogP contribution < -0.4 is 0 Å². The molecule has 0 radical (unpaired) electrons. The van der Waals surface area contributed by atoms with Gasteiger partial charge in [0, 0.05) is 11.0 Å². The van der Waals surface area contributed by atoms with E-state index in [2.05, 4.69) is 0 Å². The number of ether oxygens (including phenoxy) is 1. The predicted molar refractivity (Wildman–Crippen MR) is 110 cm³/mol. The highest BCUT2D eigenvalue weighted by atomic mass is 31.1. The van der Waals surface area contributed by atoms with Crippen molar-refractivity contribution in [3.05, 3.63) is 108 Å². The van der Waals surface area contributed by atoms with E-state index < -0.39 is 20.3 Å². The normalized spacial score (nSPS) is 12.2. The first-order valence-corrected chi connectivity index (χ1v) is 10.4. The Bertz CT molecular complexity index is 900. The lowest BCUT2D eigenvalue weighted by Crippen LogP contribution is -2.27. The van der Waals surface area contributed by atoms with E-state index in [0.717, 1.165) is 16.7 Å². The zero-order valence-corrected chi connectivity index (χ0v) is 16.7. The van der Waals surface area contributed by atoms with Crippen LogP contribution in [0.1, 0.15) is 16.7 Å². The number of carbonyl (C=O) groups is 1. The molecule has 3 aromatic carbocycles. The third-order valence-corrected chi connectivity index (χ3v) is 4.91. The smallest absolute Gasteiger partial charge is 0.459 e. The second-order valence-electron chi connectivity index (χ2n) is 6.36.